The monoisotopic (exact) mass is 235 g/mol. The van der Waals surface area contributed by atoms with E-state index in [4.69, 9.17) is 10.5 Å². The van der Waals surface area contributed by atoms with Gasteiger partial charge in [0, 0.05) is 6.04 Å². The number of hydrogen-bond donors (Lipinski definition) is 1. The van der Waals surface area contributed by atoms with E-state index in [1.807, 2.05) is 19.1 Å². The van der Waals surface area contributed by atoms with Crippen LogP contribution in [0.2, 0.25) is 0 Å². The third-order valence-electron chi connectivity index (χ3n) is 2.72. The molecule has 2 heteroatoms. The van der Waals surface area contributed by atoms with Gasteiger partial charge in [0.2, 0.25) is 0 Å². The van der Waals surface area contributed by atoms with Gasteiger partial charge in [0.1, 0.15) is 5.75 Å². The minimum atomic E-state index is 0.204. The van der Waals surface area contributed by atoms with Crippen molar-refractivity contribution in [2.75, 3.05) is 6.61 Å². The van der Waals surface area contributed by atoms with E-state index in [-0.39, 0.29) is 6.04 Å². The van der Waals surface area contributed by atoms with Crippen molar-refractivity contribution in [3.8, 4) is 5.75 Å². The molecular formula is C15H25NO. The molecule has 0 radical (unpaired) electrons. The molecule has 0 aliphatic carbocycles. The van der Waals surface area contributed by atoms with Crippen molar-refractivity contribution >= 4 is 0 Å². The van der Waals surface area contributed by atoms with E-state index >= 15 is 0 Å². The predicted octanol–water partition coefficient (Wildman–Crippen LogP) is 3.54. The van der Waals surface area contributed by atoms with Crippen LogP contribution in [0.5, 0.6) is 5.75 Å². The predicted molar refractivity (Wildman–Crippen MR) is 73.4 cm³/mol. The lowest BCUT2D eigenvalue weighted by molar-refractivity contribution is 0.305. The number of unbranched alkanes of at least 4 members (excludes halogenated alkanes) is 3. The Kier molecular flexibility index (Phi) is 6.71. The third kappa shape index (κ3) is 6.32. The van der Waals surface area contributed by atoms with Crippen LogP contribution in [0.4, 0.5) is 0 Å². The topological polar surface area (TPSA) is 35.2 Å². The third-order valence-corrected chi connectivity index (χ3v) is 2.72. The normalized spacial score (nSPS) is 12.4. The van der Waals surface area contributed by atoms with Gasteiger partial charge in [-0.2, -0.15) is 0 Å². The van der Waals surface area contributed by atoms with Gasteiger partial charge in [-0.15, -0.1) is 0 Å². The molecule has 0 aliphatic rings. The van der Waals surface area contributed by atoms with E-state index in [2.05, 4.69) is 19.1 Å². The Morgan fingerprint density at radius 2 is 2.06 bits per heavy atom. The Morgan fingerprint density at radius 1 is 1.24 bits per heavy atom. The molecule has 1 unspecified atom stereocenters. The van der Waals surface area contributed by atoms with Crippen LogP contribution in [-0.4, -0.2) is 12.6 Å². The lowest BCUT2D eigenvalue weighted by Crippen LogP contribution is -2.17. The number of benzene rings is 1. The number of rotatable bonds is 8. The molecule has 0 saturated carbocycles. The molecule has 0 heterocycles. The summed E-state index contributed by atoms with van der Waals surface area (Å²) in [4.78, 5) is 0. The van der Waals surface area contributed by atoms with Crippen molar-refractivity contribution in [2.45, 2.75) is 52.0 Å². The van der Waals surface area contributed by atoms with Gasteiger partial charge in [-0.1, -0.05) is 38.3 Å². The second-order valence-electron chi connectivity index (χ2n) is 4.74. The second kappa shape index (κ2) is 8.13. The smallest absolute Gasteiger partial charge is 0.119 e. The number of hydrogen-bond acceptors (Lipinski definition) is 2. The number of ether oxygens (including phenoxy) is 1. The average molecular weight is 235 g/mol. The molecule has 2 nitrogen and oxygen atoms in total. The summed E-state index contributed by atoms with van der Waals surface area (Å²) in [5, 5.41) is 0. The Hall–Kier alpha value is -1.02. The maximum absolute atomic E-state index is 5.79. The van der Waals surface area contributed by atoms with Crippen molar-refractivity contribution in [1.82, 2.24) is 0 Å². The summed E-state index contributed by atoms with van der Waals surface area (Å²) in [6.45, 7) is 5.07. The summed E-state index contributed by atoms with van der Waals surface area (Å²) >= 11 is 0. The second-order valence-corrected chi connectivity index (χ2v) is 4.74. The molecule has 1 atom stereocenters. The Morgan fingerprint density at radius 3 is 2.76 bits per heavy atom. The molecule has 0 saturated heterocycles. The zero-order chi connectivity index (χ0) is 12.5. The Balaban J connectivity index is 2.32. The summed E-state index contributed by atoms with van der Waals surface area (Å²) in [6, 6.07) is 8.47. The molecule has 1 aromatic carbocycles. The van der Waals surface area contributed by atoms with Crippen LogP contribution in [-0.2, 0) is 6.42 Å². The zero-order valence-electron chi connectivity index (χ0n) is 11.1. The van der Waals surface area contributed by atoms with Crippen LogP contribution in [0, 0.1) is 0 Å². The molecule has 0 fully saturated rings. The molecule has 96 valence electrons. The van der Waals surface area contributed by atoms with Crippen LogP contribution in [0.1, 0.15) is 45.1 Å². The fourth-order valence-electron chi connectivity index (χ4n) is 1.85. The summed E-state index contributed by atoms with van der Waals surface area (Å²) < 4.78 is 5.73. The molecular weight excluding hydrogens is 210 g/mol. The first-order valence-electron chi connectivity index (χ1n) is 6.69. The lowest BCUT2D eigenvalue weighted by atomic mass is 10.1. The highest BCUT2D eigenvalue weighted by molar-refractivity contribution is 5.28. The van der Waals surface area contributed by atoms with Gasteiger partial charge in [-0.3, -0.25) is 0 Å². The molecule has 2 N–H and O–H groups in total. The highest BCUT2D eigenvalue weighted by atomic mass is 16.5. The van der Waals surface area contributed by atoms with Crippen molar-refractivity contribution < 1.29 is 4.74 Å². The van der Waals surface area contributed by atoms with Crippen LogP contribution in [0.25, 0.3) is 0 Å². The van der Waals surface area contributed by atoms with Crippen molar-refractivity contribution in [3.63, 3.8) is 0 Å². The largest absolute Gasteiger partial charge is 0.494 e. The minimum Gasteiger partial charge on any atom is -0.494 e. The molecule has 1 rings (SSSR count). The van der Waals surface area contributed by atoms with Crippen LogP contribution < -0.4 is 10.5 Å². The first-order valence-corrected chi connectivity index (χ1v) is 6.69. The minimum absolute atomic E-state index is 0.204. The van der Waals surface area contributed by atoms with E-state index in [0.717, 1.165) is 25.2 Å². The molecule has 0 aliphatic heterocycles. The van der Waals surface area contributed by atoms with Gasteiger partial charge >= 0.3 is 0 Å². The first kappa shape index (κ1) is 14.0. The van der Waals surface area contributed by atoms with Crippen molar-refractivity contribution in [2.24, 2.45) is 5.73 Å². The molecule has 0 aromatic heterocycles. The Labute approximate surface area is 105 Å². The van der Waals surface area contributed by atoms with E-state index in [1.54, 1.807) is 0 Å². The Bertz CT molecular complexity index is 310. The lowest BCUT2D eigenvalue weighted by Gasteiger charge is -2.09. The highest BCUT2D eigenvalue weighted by Crippen LogP contribution is 2.15. The quantitative estimate of drug-likeness (QED) is 0.699. The van der Waals surface area contributed by atoms with Gasteiger partial charge in [0.05, 0.1) is 6.61 Å². The highest BCUT2D eigenvalue weighted by Gasteiger charge is 2.00. The van der Waals surface area contributed by atoms with E-state index in [9.17, 15) is 0 Å². The zero-order valence-corrected chi connectivity index (χ0v) is 11.1. The van der Waals surface area contributed by atoms with Crippen LogP contribution in [0.15, 0.2) is 24.3 Å². The van der Waals surface area contributed by atoms with E-state index in [1.165, 1.54) is 24.8 Å². The van der Waals surface area contributed by atoms with Crippen LogP contribution in [0.3, 0.4) is 0 Å². The summed E-state index contributed by atoms with van der Waals surface area (Å²) in [5.41, 5.74) is 7.04. The SMILES string of the molecule is CCCCCCOc1cccc(CC(C)N)c1. The average Bonchev–Trinajstić information content (AvgIpc) is 2.28. The van der Waals surface area contributed by atoms with E-state index in [0.29, 0.717) is 0 Å². The maximum atomic E-state index is 5.79. The fraction of sp³-hybridized carbons (Fsp3) is 0.600. The fourth-order valence-corrected chi connectivity index (χ4v) is 1.85. The molecule has 0 bridgehead atoms. The van der Waals surface area contributed by atoms with Crippen molar-refractivity contribution in [1.29, 1.82) is 0 Å². The van der Waals surface area contributed by atoms with Gasteiger partial charge < -0.3 is 10.5 Å². The van der Waals surface area contributed by atoms with Crippen molar-refractivity contribution in [3.05, 3.63) is 29.8 Å². The number of nitrogens with two attached hydrogens (primary N) is 1. The summed E-state index contributed by atoms with van der Waals surface area (Å²) in [6.07, 6.45) is 5.88. The standard InChI is InChI=1S/C15H25NO/c1-3-4-5-6-10-17-15-9-7-8-14(12-15)11-13(2)16/h7-9,12-13H,3-6,10-11,16H2,1-2H3. The molecule has 17 heavy (non-hydrogen) atoms. The van der Waals surface area contributed by atoms with Crippen LogP contribution >= 0.6 is 0 Å². The molecule has 0 spiro atoms. The van der Waals surface area contributed by atoms with Gasteiger partial charge in [0.25, 0.3) is 0 Å². The molecule has 0 amide bonds. The van der Waals surface area contributed by atoms with E-state index < -0.39 is 0 Å². The van der Waals surface area contributed by atoms with Gasteiger partial charge in [0.15, 0.2) is 0 Å². The maximum Gasteiger partial charge on any atom is 0.119 e. The van der Waals surface area contributed by atoms with Gasteiger partial charge in [-0.05, 0) is 37.5 Å². The first-order chi connectivity index (χ1) is 8.22. The summed E-state index contributed by atoms with van der Waals surface area (Å²) in [7, 11) is 0. The van der Waals surface area contributed by atoms with Gasteiger partial charge in [-0.25, -0.2) is 0 Å². The summed E-state index contributed by atoms with van der Waals surface area (Å²) in [5.74, 6) is 0.972. The molecule has 1 aromatic rings.